The number of halogens is 4. The van der Waals surface area contributed by atoms with Gasteiger partial charge in [0.25, 0.3) is 0 Å². The normalized spacial score (nSPS) is 12.3. The van der Waals surface area contributed by atoms with Crippen molar-refractivity contribution in [2.45, 2.75) is 45.7 Å². The number of nitrogens with two attached hydrogens (primary N) is 1. The van der Waals surface area contributed by atoms with E-state index in [1.165, 1.54) is 23.1 Å². The number of hydrogen-bond donors (Lipinski definition) is 2. The number of alkyl halides is 3. The Balaban J connectivity index is 1.60. The van der Waals surface area contributed by atoms with Crippen molar-refractivity contribution in [1.29, 1.82) is 5.26 Å². The van der Waals surface area contributed by atoms with Crippen LogP contribution in [0.15, 0.2) is 85.3 Å². The second-order valence-electron chi connectivity index (χ2n) is 10.8. The first-order valence-electron chi connectivity index (χ1n) is 13.5. The average molecular weight is 639 g/mol. The highest BCUT2D eigenvalue weighted by molar-refractivity contribution is 7.80. The van der Waals surface area contributed by atoms with Gasteiger partial charge < -0.3 is 20.5 Å². The third-order valence-electron chi connectivity index (χ3n) is 7.37. The Kier molecular flexibility index (Phi) is 10.1. The Bertz CT molecular complexity index is 1680. The van der Waals surface area contributed by atoms with Crippen LogP contribution >= 0.6 is 23.8 Å². The van der Waals surface area contributed by atoms with Crippen LogP contribution in [0.25, 0.3) is 0 Å². The molecule has 4 rings (SSSR count). The van der Waals surface area contributed by atoms with Crippen molar-refractivity contribution in [2.24, 2.45) is 11.1 Å². The van der Waals surface area contributed by atoms with Gasteiger partial charge in [-0.2, -0.15) is 18.4 Å². The fourth-order valence-corrected chi connectivity index (χ4v) is 5.13. The number of thiocarbonyl (C=S) groups is 1. The van der Waals surface area contributed by atoms with Crippen molar-refractivity contribution in [3.63, 3.8) is 0 Å². The Hall–Kier alpha value is -4.24. The molecule has 1 unspecified atom stereocenters. The fraction of sp³-hybridized carbons (Fsp3) is 0.250. The second-order valence-corrected chi connectivity index (χ2v) is 11.6. The molecular formula is C32H30ClF3N6OS. The number of nitrogens with zero attached hydrogens (tertiary/aromatic N) is 4. The lowest BCUT2D eigenvalue weighted by Gasteiger charge is -2.40. The number of rotatable bonds is 10. The lowest BCUT2D eigenvalue weighted by Crippen LogP contribution is -2.57. The van der Waals surface area contributed by atoms with Gasteiger partial charge in [0.05, 0.1) is 35.1 Å². The summed E-state index contributed by atoms with van der Waals surface area (Å²) in [6, 6.07) is 21.0. The van der Waals surface area contributed by atoms with E-state index in [0.717, 1.165) is 11.6 Å². The number of aromatic nitrogens is 2. The largest absolute Gasteiger partial charge is 0.416 e. The van der Waals surface area contributed by atoms with Gasteiger partial charge in [-0.25, -0.2) is 4.98 Å². The molecule has 0 radical (unpaired) electrons. The molecule has 0 bridgehead atoms. The van der Waals surface area contributed by atoms with Crippen molar-refractivity contribution < 1.29 is 18.0 Å². The second kappa shape index (κ2) is 13.6. The van der Waals surface area contributed by atoms with E-state index in [0.29, 0.717) is 28.5 Å². The molecule has 0 saturated heterocycles. The van der Waals surface area contributed by atoms with E-state index < -0.39 is 23.3 Å². The minimum Gasteiger partial charge on any atom is -0.333 e. The molecule has 0 fully saturated rings. The average Bonchev–Trinajstić information content (AvgIpc) is 3.41. The summed E-state index contributed by atoms with van der Waals surface area (Å²) in [6.45, 7) is 3.41. The van der Waals surface area contributed by atoms with E-state index in [2.05, 4.69) is 16.4 Å². The van der Waals surface area contributed by atoms with Crippen molar-refractivity contribution in [3.8, 4) is 6.07 Å². The molecule has 1 atom stereocenters. The summed E-state index contributed by atoms with van der Waals surface area (Å²) in [7, 11) is 0. The number of carbonyl (C=O) groups is 1. The minimum absolute atomic E-state index is 0.0293. The first-order chi connectivity index (χ1) is 20.8. The molecule has 1 aromatic heterocycles. The predicted octanol–water partition coefficient (Wildman–Crippen LogP) is 6.80. The van der Waals surface area contributed by atoms with Crippen molar-refractivity contribution in [1.82, 2.24) is 14.5 Å². The number of hydrogen-bond acceptors (Lipinski definition) is 5. The monoisotopic (exact) mass is 638 g/mol. The van der Waals surface area contributed by atoms with Crippen LogP contribution in [-0.2, 0) is 30.5 Å². The zero-order valence-corrected chi connectivity index (χ0v) is 25.5. The maximum atomic E-state index is 13.9. The highest BCUT2D eigenvalue weighted by atomic mass is 35.5. The van der Waals surface area contributed by atoms with E-state index in [-0.39, 0.29) is 29.4 Å². The standard InChI is InChI=1S/C32H30ClF3N6OS/c1-31(2,28(43)15-26-17-39-20-41(26)18-22-12-10-21(16-37)11-13-22)29(38)42(30(44)40-25-8-5-7-24(33)14-25)19-23-6-3-4-9-27(23)32(34,35)36/h3-14,17,20,29H,15,18-19,38H2,1-2H3,(H,40,44). The number of benzene rings is 3. The molecule has 0 aliphatic heterocycles. The van der Waals surface area contributed by atoms with E-state index in [1.807, 2.05) is 16.7 Å². The molecule has 44 heavy (non-hydrogen) atoms. The van der Waals surface area contributed by atoms with Crippen LogP contribution in [0.3, 0.4) is 0 Å². The topological polar surface area (TPSA) is 100.0 Å². The number of ketones is 1. The quantitative estimate of drug-likeness (QED) is 0.146. The van der Waals surface area contributed by atoms with Crippen molar-refractivity contribution >= 4 is 40.4 Å². The number of imidazole rings is 1. The highest BCUT2D eigenvalue weighted by Crippen LogP contribution is 2.34. The smallest absolute Gasteiger partial charge is 0.333 e. The van der Waals surface area contributed by atoms with Crippen molar-refractivity contribution in [2.75, 3.05) is 5.32 Å². The van der Waals surface area contributed by atoms with E-state index in [9.17, 15) is 18.0 Å². The molecule has 0 amide bonds. The van der Waals surface area contributed by atoms with E-state index in [4.69, 9.17) is 34.8 Å². The van der Waals surface area contributed by atoms with Gasteiger partial charge in [0.1, 0.15) is 5.78 Å². The molecule has 0 aliphatic rings. The van der Waals surface area contributed by atoms with E-state index in [1.54, 1.807) is 62.8 Å². The number of carbonyl (C=O) groups excluding carboxylic acids is 1. The molecule has 3 N–H and O–H groups in total. The zero-order valence-electron chi connectivity index (χ0n) is 24.0. The summed E-state index contributed by atoms with van der Waals surface area (Å²) in [6.07, 6.45) is -2.56. The number of nitrogens with one attached hydrogen (secondary N) is 1. The summed E-state index contributed by atoms with van der Waals surface area (Å²) in [4.78, 5) is 19.4. The first kappa shape index (κ1) is 32.7. The van der Waals surface area contributed by atoms with Crippen LogP contribution in [0, 0.1) is 16.7 Å². The highest BCUT2D eigenvalue weighted by Gasteiger charge is 2.40. The van der Waals surface area contributed by atoms with Crippen LogP contribution in [0.4, 0.5) is 18.9 Å². The van der Waals surface area contributed by atoms with Gasteiger partial charge in [-0.05, 0) is 73.6 Å². The maximum absolute atomic E-state index is 13.9. The Morgan fingerprint density at radius 3 is 2.50 bits per heavy atom. The summed E-state index contributed by atoms with van der Waals surface area (Å²) in [5, 5.41) is 12.5. The third kappa shape index (κ3) is 7.82. The zero-order chi connectivity index (χ0) is 32.1. The molecule has 3 aromatic carbocycles. The first-order valence-corrected chi connectivity index (χ1v) is 14.3. The molecule has 0 aliphatic carbocycles. The fourth-order valence-electron chi connectivity index (χ4n) is 4.64. The SMILES string of the molecule is CC(C)(C(=O)Cc1cncn1Cc1ccc(C#N)cc1)C(N)N(Cc1ccccc1C(F)(F)F)C(=S)Nc1cccc(Cl)c1. The molecule has 12 heteroatoms. The van der Waals surface area contributed by atoms with Gasteiger partial charge in [0.2, 0.25) is 0 Å². The van der Waals surface area contributed by atoms with E-state index >= 15 is 0 Å². The summed E-state index contributed by atoms with van der Waals surface area (Å²) in [5.41, 5.74) is 7.19. The van der Waals surface area contributed by atoms with Gasteiger partial charge in [-0.15, -0.1) is 0 Å². The number of nitriles is 1. The lowest BCUT2D eigenvalue weighted by molar-refractivity contribution is -0.138. The summed E-state index contributed by atoms with van der Waals surface area (Å²) in [5.74, 6) is -0.258. The van der Waals surface area contributed by atoms with Crippen LogP contribution in [-0.4, -0.2) is 31.5 Å². The van der Waals surface area contributed by atoms with Gasteiger partial charge in [0.15, 0.2) is 5.11 Å². The summed E-state index contributed by atoms with van der Waals surface area (Å²) < 4.78 is 43.5. The number of Topliss-reactive ketones (excluding diaryl/α,β-unsaturated/α-hetero) is 1. The third-order valence-corrected chi connectivity index (χ3v) is 7.94. The summed E-state index contributed by atoms with van der Waals surface area (Å²) >= 11 is 11.8. The Labute approximate surface area is 264 Å². The molecule has 1 heterocycles. The molecule has 0 saturated carbocycles. The minimum atomic E-state index is -4.60. The maximum Gasteiger partial charge on any atom is 0.416 e. The Morgan fingerprint density at radius 2 is 1.84 bits per heavy atom. The molecule has 4 aromatic rings. The van der Waals surface area contributed by atoms with Crippen LogP contribution in [0.5, 0.6) is 0 Å². The molecule has 0 spiro atoms. The number of anilines is 1. The van der Waals surface area contributed by atoms with Crippen molar-refractivity contribution in [3.05, 3.63) is 118 Å². The van der Waals surface area contributed by atoms with Crippen LogP contribution < -0.4 is 11.1 Å². The van der Waals surface area contributed by atoms with Crippen LogP contribution in [0.1, 0.15) is 41.8 Å². The van der Waals surface area contributed by atoms with Gasteiger partial charge >= 0.3 is 6.18 Å². The molecule has 228 valence electrons. The molecular weight excluding hydrogens is 609 g/mol. The van der Waals surface area contributed by atoms with Crippen LogP contribution in [0.2, 0.25) is 5.02 Å². The predicted molar refractivity (Wildman–Crippen MR) is 168 cm³/mol. The van der Waals surface area contributed by atoms with Gasteiger partial charge in [-0.3, -0.25) is 4.79 Å². The Morgan fingerprint density at radius 1 is 1.14 bits per heavy atom. The lowest BCUT2D eigenvalue weighted by atomic mass is 9.82. The molecule has 7 nitrogen and oxygen atoms in total. The van der Waals surface area contributed by atoms with Gasteiger partial charge in [-0.1, -0.05) is 48.0 Å². The van der Waals surface area contributed by atoms with Gasteiger partial charge in [0, 0.05) is 42.1 Å².